The number of rotatable bonds is 2. The van der Waals surface area contributed by atoms with E-state index in [2.05, 4.69) is 15.9 Å². The number of carbonyl (C=O) groups excluding carboxylic acids is 1. The van der Waals surface area contributed by atoms with Crippen LogP contribution in [0.25, 0.3) is 0 Å². The summed E-state index contributed by atoms with van der Waals surface area (Å²) in [5.74, 6) is -0.508. The van der Waals surface area contributed by atoms with Crippen LogP contribution in [0.15, 0.2) is 22.7 Å². The molecule has 0 radical (unpaired) electrons. The van der Waals surface area contributed by atoms with Crippen molar-refractivity contribution in [2.75, 3.05) is 0 Å². The topological polar surface area (TPSA) is 17.1 Å². The minimum atomic E-state index is -0.425. The maximum atomic E-state index is 13.4. The van der Waals surface area contributed by atoms with Crippen LogP contribution in [-0.4, -0.2) is 5.78 Å². The molecule has 1 saturated carbocycles. The van der Waals surface area contributed by atoms with Crippen molar-refractivity contribution in [1.82, 2.24) is 0 Å². The summed E-state index contributed by atoms with van der Waals surface area (Å²) in [5, 5.41) is 0. The van der Waals surface area contributed by atoms with Gasteiger partial charge in [0.25, 0.3) is 0 Å². The molecule has 1 aromatic carbocycles. The van der Waals surface area contributed by atoms with E-state index in [1.54, 1.807) is 12.1 Å². The van der Waals surface area contributed by atoms with Crippen molar-refractivity contribution >= 4 is 21.7 Å². The van der Waals surface area contributed by atoms with Crippen molar-refractivity contribution in [2.24, 2.45) is 11.3 Å². The van der Waals surface area contributed by atoms with Crippen molar-refractivity contribution in [2.45, 2.75) is 20.3 Å². The highest BCUT2D eigenvalue weighted by molar-refractivity contribution is 9.10. The second-order valence-electron chi connectivity index (χ2n) is 4.73. The first-order chi connectivity index (χ1) is 6.92. The van der Waals surface area contributed by atoms with Crippen LogP contribution in [0.2, 0.25) is 0 Å². The number of halogens is 2. The molecule has 0 N–H and O–H groups in total. The van der Waals surface area contributed by atoms with E-state index < -0.39 is 5.82 Å². The van der Waals surface area contributed by atoms with Gasteiger partial charge in [-0.2, -0.15) is 0 Å². The Morgan fingerprint density at radius 3 is 2.67 bits per heavy atom. The van der Waals surface area contributed by atoms with E-state index in [1.807, 2.05) is 13.8 Å². The van der Waals surface area contributed by atoms with E-state index in [0.29, 0.717) is 0 Å². The number of benzene rings is 1. The Kier molecular flexibility index (Phi) is 2.45. The molecule has 0 spiro atoms. The van der Waals surface area contributed by atoms with Crippen LogP contribution in [0.4, 0.5) is 4.39 Å². The Morgan fingerprint density at radius 2 is 2.13 bits per heavy atom. The van der Waals surface area contributed by atoms with E-state index in [4.69, 9.17) is 0 Å². The first-order valence-electron chi connectivity index (χ1n) is 4.91. The lowest BCUT2D eigenvalue weighted by molar-refractivity contribution is 0.0949. The Hall–Kier alpha value is -0.700. The van der Waals surface area contributed by atoms with Gasteiger partial charge in [0.05, 0.1) is 5.56 Å². The van der Waals surface area contributed by atoms with Crippen LogP contribution < -0.4 is 0 Å². The van der Waals surface area contributed by atoms with Gasteiger partial charge in [0, 0.05) is 10.4 Å². The fourth-order valence-corrected chi connectivity index (χ4v) is 2.15. The molecule has 1 aliphatic rings. The molecule has 1 fully saturated rings. The average Bonchev–Trinajstić information content (AvgIpc) is 2.78. The van der Waals surface area contributed by atoms with Crippen LogP contribution in [-0.2, 0) is 0 Å². The predicted octanol–water partition coefficient (Wildman–Crippen LogP) is 3.82. The molecule has 0 aliphatic heterocycles. The predicted molar refractivity (Wildman–Crippen MR) is 60.3 cm³/mol. The van der Waals surface area contributed by atoms with Crippen LogP contribution >= 0.6 is 15.9 Å². The van der Waals surface area contributed by atoms with Gasteiger partial charge in [-0.25, -0.2) is 4.39 Å². The smallest absolute Gasteiger partial charge is 0.169 e. The van der Waals surface area contributed by atoms with Gasteiger partial charge in [0.15, 0.2) is 5.78 Å². The SMILES string of the molecule is CC1(C)CC1C(=O)c1cc(Br)ccc1F. The van der Waals surface area contributed by atoms with E-state index in [0.717, 1.165) is 10.9 Å². The van der Waals surface area contributed by atoms with Gasteiger partial charge in [-0.05, 0) is 30.0 Å². The number of ketones is 1. The average molecular weight is 271 g/mol. The molecule has 80 valence electrons. The molecule has 0 bridgehead atoms. The third kappa shape index (κ3) is 1.98. The summed E-state index contributed by atoms with van der Waals surface area (Å²) < 4.78 is 14.2. The van der Waals surface area contributed by atoms with Crippen molar-refractivity contribution in [1.29, 1.82) is 0 Å². The second-order valence-corrected chi connectivity index (χ2v) is 5.65. The summed E-state index contributed by atoms with van der Waals surface area (Å²) >= 11 is 3.24. The summed E-state index contributed by atoms with van der Waals surface area (Å²) in [7, 11) is 0. The molecular formula is C12H12BrFO. The number of hydrogen-bond acceptors (Lipinski definition) is 1. The fraction of sp³-hybridized carbons (Fsp3) is 0.417. The molecule has 2 rings (SSSR count). The molecule has 1 aliphatic carbocycles. The van der Waals surface area contributed by atoms with Crippen LogP contribution in [0.3, 0.4) is 0 Å². The van der Waals surface area contributed by atoms with E-state index in [9.17, 15) is 9.18 Å². The normalized spacial score (nSPS) is 22.5. The highest BCUT2D eigenvalue weighted by atomic mass is 79.9. The highest BCUT2D eigenvalue weighted by Crippen LogP contribution is 2.53. The lowest BCUT2D eigenvalue weighted by atomic mass is 10.0. The molecule has 0 aromatic heterocycles. The van der Waals surface area contributed by atoms with Gasteiger partial charge in [-0.1, -0.05) is 29.8 Å². The number of Topliss-reactive ketones (excluding diaryl/α,β-unsaturated/α-hetero) is 1. The lowest BCUT2D eigenvalue weighted by Gasteiger charge is -2.04. The van der Waals surface area contributed by atoms with Crippen molar-refractivity contribution in [3.63, 3.8) is 0 Å². The zero-order valence-corrected chi connectivity index (χ0v) is 10.3. The van der Waals surface area contributed by atoms with Gasteiger partial charge >= 0.3 is 0 Å². The first kappa shape index (κ1) is 10.8. The van der Waals surface area contributed by atoms with E-state index in [1.165, 1.54) is 6.07 Å². The summed E-state index contributed by atoms with van der Waals surface area (Å²) in [6.45, 7) is 4.07. The molecule has 1 atom stereocenters. The summed E-state index contributed by atoms with van der Waals surface area (Å²) in [6, 6.07) is 4.49. The zero-order valence-electron chi connectivity index (χ0n) is 8.68. The Balaban J connectivity index is 2.30. The highest BCUT2D eigenvalue weighted by Gasteiger charge is 2.50. The largest absolute Gasteiger partial charge is 0.294 e. The summed E-state index contributed by atoms with van der Waals surface area (Å²) in [5.41, 5.74) is 0.256. The third-order valence-corrected chi connectivity index (χ3v) is 3.52. The van der Waals surface area contributed by atoms with Gasteiger partial charge < -0.3 is 0 Å². The molecule has 0 amide bonds. The van der Waals surface area contributed by atoms with Crippen LogP contribution in [0.1, 0.15) is 30.6 Å². The van der Waals surface area contributed by atoms with Gasteiger partial charge in [0.1, 0.15) is 5.82 Å². The van der Waals surface area contributed by atoms with Crippen molar-refractivity contribution in [3.05, 3.63) is 34.1 Å². The third-order valence-electron chi connectivity index (χ3n) is 3.02. The van der Waals surface area contributed by atoms with Crippen LogP contribution in [0.5, 0.6) is 0 Å². The monoisotopic (exact) mass is 270 g/mol. The Morgan fingerprint density at radius 1 is 1.53 bits per heavy atom. The molecule has 1 aromatic rings. The van der Waals surface area contributed by atoms with Crippen LogP contribution in [0, 0.1) is 17.2 Å². The lowest BCUT2D eigenvalue weighted by Crippen LogP contribution is -2.08. The minimum Gasteiger partial charge on any atom is -0.294 e. The van der Waals surface area contributed by atoms with E-state index >= 15 is 0 Å². The zero-order chi connectivity index (χ0) is 11.2. The number of carbonyl (C=O) groups is 1. The summed E-state index contributed by atoms with van der Waals surface area (Å²) in [6.07, 6.45) is 0.859. The first-order valence-corrected chi connectivity index (χ1v) is 5.70. The molecule has 15 heavy (non-hydrogen) atoms. The van der Waals surface area contributed by atoms with Gasteiger partial charge in [0.2, 0.25) is 0 Å². The fourth-order valence-electron chi connectivity index (χ4n) is 1.79. The number of hydrogen-bond donors (Lipinski definition) is 0. The molecule has 0 saturated heterocycles. The molecular weight excluding hydrogens is 259 g/mol. The molecule has 1 nitrogen and oxygen atoms in total. The summed E-state index contributed by atoms with van der Waals surface area (Å²) in [4.78, 5) is 11.9. The Bertz CT molecular complexity index is 426. The molecule has 0 heterocycles. The van der Waals surface area contributed by atoms with Gasteiger partial charge in [-0.15, -0.1) is 0 Å². The minimum absolute atomic E-state index is 0.0127. The molecule has 3 heteroatoms. The van der Waals surface area contributed by atoms with Crippen molar-refractivity contribution < 1.29 is 9.18 Å². The Labute approximate surface area is 96.8 Å². The standard InChI is InChI=1S/C12H12BrFO/c1-12(2)6-9(12)11(15)8-5-7(13)3-4-10(8)14/h3-5,9H,6H2,1-2H3. The second kappa shape index (κ2) is 3.41. The van der Waals surface area contributed by atoms with Crippen molar-refractivity contribution in [3.8, 4) is 0 Å². The van der Waals surface area contributed by atoms with Gasteiger partial charge in [-0.3, -0.25) is 4.79 Å². The molecule has 1 unspecified atom stereocenters. The quantitative estimate of drug-likeness (QED) is 0.747. The maximum Gasteiger partial charge on any atom is 0.169 e. The maximum absolute atomic E-state index is 13.4. The van der Waals surface area contributed by atoms with E-state index in [-0.39, 0.29) is 22.7 Å².